The molecule has 0 saturated heterocycles. The summed E-state index contributed by atoms with van der Waals surface area (Å²) in [6.07, 6.45) is 3.64. The maximum atomic E-state index is 12.8. The van der Waals surface area contributed by atoms with E-state index in [0.29, 0.717) is 12.2 Å². The van der Waals surface area contributed by atoms with Crippen molar-refractivity contribution in [2.24, 2.45) is 0 Å². The zero-order valence-electron chi connectivity index (χ0n) is 13.7. The minimum absolute atomic E-state index is 0.408. The third-order valence-electron chi connectivity index (χ3n) is 4.00. The van der Waals surface area contributed by atoms with Crippen LogP contribution in [0.1, 0.15) is 30.3 Å². The number of ketones is 1. The number of fused-ring (bicyclic) bond motifs is 1. The Morgan fingerprint density at radius 3 is 2.54 bits per heavy atom. The Hall–Kier alpha value is -2.88. The Morgan fingerprint density at radius 1 is 1.04 bits per heavy atom. The van der Waals surface area contributed by atoms with Crippen LogP contribution in [0.15, 0.2) is 60.8 Å². The normalized spacial score (nSPS) is 10.7. The van der Waals surface area contributed by atoms with Crippen molar-refractivity contribution in [3.8, 4) is 11.1 Å². The SMILES string of the molecule is CCCCNC(=O)C(=O)c1c(-c2ccccc2)cc2ccccn12. The van der Waals surface area contributed by atoms with Crippen molar-refractivity contribution in [1.82, 2.24) is 9.72 Å². The van der Waals surface area contributed by atoms with Crippen molar-refractivity contribution < 1.29 is 9.59 Å². The number of hydrogen-bond acceptors (Lipinski definition) is 2. The first kappa shape index (κ1) is 16.0. The van der Waals surface area contributed by atoms with Gasteiger partial charge in [0.25, 0.3) is 11.7 Å². The molecule has 4 heteroatoms. The number of nitrogens with zero attached hydrogens (tertiary/aromatic N) is 1. The van der Waals surface area contributed by atoms with E-state index in [1.807, 2.05) is 67.7 Å². The van der Waals surface area contributed by atoms with Crippen molar-refractivity contribution >= 4 is 17.2 Å². The van der Waals surface area contributed by atoms with E-state index in [9.17, 15) is 9.59 Å². The number of hydrogen-bond donors (Lipinski definition) is 1. The molecule has 0 bridgehead atoms. The van der Waals surface area contributed by atoms with Gasteiger partial charge in [0, 0.05) is 23.8 Å². The largest absolute Gasteiger partial charge is 0.349 e. The fourth-order valence-electron chi connectivity index (χ4n) is 2.76. The summed E-state index contributed by atoms with van der Waals surface area (Å²) in [6.45, 7) is 2.56. The van der Waals surface area contributed by atoms with E-state index in [0.717, 1.165) is 29.5 Å². The molecule has 3 rings (SSSR count). The number of pyridine rings is 1. The second-order valence-corrected chi connectivity index (χ2v) is 5.71. The second-order valence-electron chi connectivity index (χ2n) is 5.71. The van der Waals surface area contributed by atoms with Gasteiger partial charge in [-0.3, -0.25) is 9.59 Å². The Balaban J connectivity index is 2.05. The molecule has 1 aromatic carbocycles. The van der Waals surface area contributed by atoms with Crippen LogP contribution in [-0.2, 0) is 4.79 Å². The molecule has 4 nitrogen and oxygen atoms in total. The minimum atomic E-state index is -0.551. The van der Waals surface area contributed by atoms with Crippen molar-refractivity contribution in [2.75, 3.05) is 6.54 Å². The average Bonchev–Trinajstić information content (AvgIpc) is 3.01. The van der Waals surface area contributed by atoms with Crippen molar-refractivity contribution in [1.29, 1.82) is 0 Å². The molecule has 0 fully saturated rings. The molecule has 24 heavy (non-hydrogen) atoms. The summed E-state index contributed by atoms with van der Waals surface area (Å²) in [5.74, 6) is -1.05. The summed E-state index contributed by atoms with van der Waals surface area (Å²) < 4.78 is 1.78. The number of amides is 1. The summed E-state index contributed by atoms with van der Waals surface area (Å²) in [5.41, 5.74) is 3.00. The summed E-state index contributed by atoms with van der Waals surface area (Å²) in [6, 6.07) is 17.3. The van der Waals surface area contributed by atoms with Gasteiger partial charge < -0.3 is 9.72 Å². The first-order chi connectivity index (χ1) is 11.7. The van der Waals surface area contributed by atoms with Crippen LogP contribution in [-0.4, -0.2) is 22.6 Å². The number of carbonyl (C=O) groups excluding carboxylic acids is 2. The first-order valence-electron chi connectivity index (χ1n) is 8.20. The standard InChI is InChI=1S/C20H20N2O2/c1-2-3-12-21-20(24)19(23)18-17(15-9-5-4-6-10-15)14-16-11-7-8-13-22(16)18/h4-11,13-14H,2-3,12H2,1H3,(H,21,24). The van der Waals surface area contributed by atoms with Crippen molar-refractivity contribution in [2.45, 2.75) is 19.8 Å². The Labute approximate surface area is 141 Å². The van der Waals surface area contributed by atoms with Crippen LogP contribution in [0, 0.1) is 0 Å². The lowest BCUT2D eigenvalue weighted by atomic mass is 10.0. The van der Waals surface area contributed by atoms with Crippen LogP contribution in [0.3, 0.4) is 0 Å². The molecular weight excluding hydrogens is 300 g/mol. The maximum Gasteiger partial charge on any atom is 0.294 e. The predicted molar refractivity (Wildman–Crippen MR) is 95.1 cm³/mol. The third-order valence-corrected chi connectivity index (χ3v) is 4.00. The van der Waals surface area contributed by atoms with E-state index in [1.54, 1.807) is 4.40 Å². The molecule has 0 saturated carbocycles. The van der Waals surface area contributed by atoms with Crippen LogP contribution in [0.4, 0.5) is 0 Å². The van der Waals surface area contributed by atoms with Gasteiger partial charge >= 0.3 is 0 Å². The highest BCUT2D eigenvalue weighted by atomic mass is 16.2. The van der Waals surface area contributed by atoms with Gasteiger partial charge in [-0.2, -0.15) is 0 Å². The lowest BCUT2D eigenvalue weighted by Crippen LogP contribution is -2.32. The van der Waals surface area contributed by atoms with Gasteiger partial charge in [0.05, 0.1) is 0 Å². The Bertz CT molecular complexity index is 866. The summed E-state index contributed by atoms with van der Waals surface area (Å²) in [4.78, 5) is 25.0. The zero-order chi connectivity index (χ0) is 16.9. The lowest BCUT2D eigenvalue weighted by Gasteiger charge is -2.07. The van der Waals surface area contributed by atoms with Gasteiger partial charge in [-0.15, -0.1) is 0 Å². The summed E-state index contributed by atoms with van der Waals surface area (Å²) in [7, 11) is 0. The molecule has 122 valence electrons. The van der Waals surface area contributed by atoms with E-state index in [-0.39, 0.29) is 0 Å². The number of nitrogens with one attached hydrogen (secondary N) is 1. The number of aromatic nitrogens is 1. The molecule has 0 aliphatic heterocycles. The average molecular weight is 320 g/mol. The number of unbranched alkanes of at least 4 members (excludes halogenated alkanes) is 1. The molecule has 0 unspecified atom stereocenters. The van der Waals surface area contributed by atoms with Crippen molar-refractivity contribution in [3.63, 3.8) is 0 Å². The van der Waals surface area contributed by atoms with E-state index in [4.69, 9.17) is 0 Å². The smallest absolute Gasteiger partial charge is 0.294 e. The highest BCUT2D eigenvalue weighted by Crippen LogP contribution is 2.28. The minimum Gasteiger partial charge on any atom is -0.349 e. The number of rotatable bonds is 6. The molecule has 0 radical (unpaired) electrons. The molecule has 2 aromatic heterocycles. The fourth-order valence-corrected chi connectivity index (χ4v) is 2.76. The van der Waals surface area contributed by atoms with Gasteiger partial charge in [-0.05, 0) is 30.2 Å². The van der Waals surface area contributed by atoms with E-state index in [1.165, 1.54) is 0 Å². The molecule has 3 aromatic rings. The maximum absolute atomic E-state index is 12.8. The Morgan fingerprint density at radius 2 is 1.79 bits per heavy atom. The van der Waals surface area contributed by atoms with Gasteiger partial charge in [-0.25, -0.2) is 0 Å². The summed E-state index contributed by atoms with van der Waals surface area (Å²) >= 11 is 0. The van der Waals surface area contributed by atoms with E-state index < -0.39 is 11.7 Å². The fraction of sp³-hybridized carbons (Fsp3) is 0.200. The quantitative estimate of drug-likeness (QED) is 0.428. The molecule has 1 N–H and O–H groups in total. The lowest BCUT2D eigenvalue weighted by molar-refractivity contribution is -0.117. The molecule has 0 aliphatic carbocycles. The molecule has 0 atom stereocenters. The molecule has 0 aliphatic rings. The molecule has 2 heterocycles. The van der Waals surface area contributed by atoms with Crippen LogP contribution in [0.5, 0.6) is 0 Å². The topological polar surface area (TPSA) is 50.6 Å². The highest BCUT2D eigenvalue weighted by molar-refractivity contribution is 6.43. The number of carbonyl (C=O) groups is 2. The van der Waals surface area contributed by atoms with Gasteiger partial charge in [-0.1, -0.05) is 49.7 Å². The third kappa shape index (κ3) is 3.08. The van der Waals surface area contributed by atoms with Crippen LogP contribution in [0.2, 0.25) is 0 Å². The van der Waals surface area contributed by atoms with E-state index >= 15 is 0 Å². The molecule has 1 amide bonds. The van der Waals surface area contributed by atoms with Gasteiger partial charge in [0.1, 0.15) is 5.69 Å². The number of benzene rings is 1. The van der Waals surface area contributed by atoms with Gasteiger partial charge in [0.15, 0.2) is 0 Å². The molecular formula is C20H20N2O2. The Kier molecular flexibility index (Phi) is 4.75. The van der Waals surface area contributed by atoms with Crippen molar-refractivity contribution in [3.05, 3.63) is 66.5 Å². The predicted octanol–water partition coefficient (Wildman–Crippen LogP) is 3.71. The van der Waals surface area contributed by atoms with Crippen LogP contribution >= 0.6 is 0 Å². The monoisotopic (exact) mass is 320 g/mol. The summed E-state index contributed by atoms with van der Waals surface area (Å²) in [5, 5.41) is 2.71. The second kappa shape index (κ2) is 7.13. The van der Waals surface area contributed by atoms with Gasteiger partial charge in [0.2, 0.25) is 0 Å². The molecule has 0 spiro atoms. The number of Topliss-reactive ketones (excluding diaryl/α,β-unsaturated/α-hetero) is 1. The first-order valence-corrected chi connectivity index (χ1v) is 8.20. The zero-order valence-corrected chi connectivity index (χ0v) is 13.7. The van der Waals surface area contributed by atoms with Crippen LogP contribution < -0.4 is 5.32 Å². The van der Waals surface area contributed by atoms with Crippen LogP contribution in [0.25, 0.3) is 16.6 Å². The van der Waals surface area contributed by atoms with E-state index in [2.05, 4.69) is 5.32 Å². The highest BCUT2D eigenvalue weighted by Gasteiger charge is 2.24.